The van der Waals surface area contributed by atoms with Crippen LogP contribution in [0.1, 0.15) is 12.7 Å². The minimum atomic E-state index is 0.458. The summed E-state index contributed by atoms with van der Waals surface area (Å²) in [6.45, 7) is 4.31. The van der Waals surface area contributed by atoms with Crippen molar-refractivity contribution in [2.24, 2.45) is 0 Å². The van der Waals surface area contributed by atoms with Gasteiger partial charge in [0.25, 0.3) is 0 Å². The minimum Gasteiger partial charge on any atom is -0.492 e. The fraction of sp³-hybridized carbons (Fsp3) is 0.185. The normalized spacial score (nSPS) is 11.3. The molecule has 0 aliphatic heterocycles. The number of ether oxygens (including phenoxy) is 2. The molecule has 0 amide bonds. The van der Waals surface area contributed by atoms with Gasteiger partial charge in [0.15, 0.2) is 0 Å². The SMILES string of the molecule is CCOCc1nc2cnc3cc(-c4ccccc4)ccc3c2n1CCOc1ccccc1. The third-order valence-corrected chi connectivity index (χ3v) is 5.52. The van der Waals surface area contributed by atoms with Gasteiger partial charge >= 0.3 is 0 Å². The number of pyridine rings is 1. The summed E-state index contributed by atoms with van der Waals surface area (Å²) in [6, 6.07) is 26.7. The standard InChI is InChI=1S/C27H25N3O2/c1-2-31-19-26-29-25-18-28-24-17-21(20-9-5-3-6-10-20)13-14-23(24)27(25)30(26)15-16-32-22-11-7-4-8-12-22/h3-14,17-18H,2,15-16,19H2,1H3. The second kappa shape index (κ2) is 9.20. The second-order valence-electron chi connectivity index (χ2n) is 7.57. The topological polar surface area (TPSA) is 49.2 Å². The molecule has 0 unspecified atom stereocenters. The van der Waals surface area contributed by atoms with Crippen LogP contribution in [-0.2, 0) is 17.9 Å². The molecule has 0 radical (unpaired) electrons. The first-order valence-corrected chi connectivity index (χ1v) is 10.9. The van der Waals surface area contributed by atoms with Gasteiger partial charge < -0.3 is 14.0 Å². The predicted octanol–water partition coefficient (Wildman–Crippen LogP) is 5.87. The Morgan fingerprint density at radius 3 is 2.41 bits per heavy atom. The molecule has 5 nitrogen and oxygen atoms in total. The summed E-state index contributed by atoms with van der Waals surface area (Å²) in [5.41, 5.74) is 5.23. The Morgan fingerprint density at radius 2 is 1.62 bits per heavy atom. The van der Waals surface area contributed by atoms with Crippen LogP contribution in [0.25, 0.3) is 33.1 Å². The summed E-state index contributed by atoms with van der Waals surface area (Å²) >= 11 is 0. The van der Waals surface area contributed by atoms with Crippen molar-refractivity contribution in [2.75, 3.05) is 13.2 Å². The van der Waals surface area contributed by atoms with Gasteiger partial charge in [-0.1, -0.05) is 60.7 Å². The van der Waals surface area contributed by atoms with Crippen molar-refractivity contribution in [2.45, 2.75) is 20.1 Å². The molecule has 32 heavy (non-hydrogen) atoms. The van der Waals surface area contributed by atoms with E-state index in [9.17, 15) is 0 Å². The molecule has 160 valence electrons. The highest BCUT2D eigenvalue weighted by Crippen LogP contribution is 2.29. The zero-order valence-electron chi connectivity index (χ0n) is 18.1. The van der Waals surface area contributed by atoms with Crippen molar-refractivity contribution in [1.29, 1.82) is 0 Å². The Kier molecular flexibility index (Phi) is 5.81. The lowest BCUT2D eigenvalue weighted by Crippen LogP contribution is -2.12. The molecule has 2 heterocycles. The van der Waals surface area contributed by atoms with Crippen LogP contribution in [0.15, 0.2) is 85.1 Å². The van der Waals surface area contributed by atoms with Crippen molar-refractivity contribution in [3.63, 3.8) is 0 Å². The average molecular weight is 424 g/mol. The summed E-state index contributed by atoms with van der Waals surface area (Å²) in [7, 11) is 0. The van der Waals surface area contributed by atoms with Gasteiger partial charge in [0.05, 0.1) is 23.8 Å². The van der Waals surface area contributed by atoms with E-state index in [0.717, 1.165) is 39.1 Å². The Hall–Kier alpha value is -3.70. The molecule has 0 bridgehead atoms. The Balaban J connectivity index is 1.54. The van der Waals surface area contributed by atoms with E-state index >= 15 is 0 Å². The summed E-state index contributed by atoms with van der Waals surface area (Å²) in [6.07, 6.45) is 1.86. The highest BCUT2D eigenvalue weighted by molar-refractivity contribution is 6.03. The van der Waals surface area contributed by atoms with Gasteiger partial charge in [-0.05, 0) is 36.2 Å². The Bertz CT molecular complexity index is 1330. The molecule has 5 rings (SSSR count). The Labute approximate surface area is 187 Å². The largest absolute Gasteiger partial charge is 0.492 e. The molecule has 2 aromatic heterocycles. The monoisotopic (exact) mass is 423 g/mol. The van der Waals surface area contributed by atoms with Crippen molar-refractivity contribution in [3.05, 3.63) is 90.9 Å². The van der Waals surface area contributed by atoms with Crippen molar-refractivity contribution >= 4 is 21.9 Å². The fourth-order valence-electron chi connectivity index (χ4n) is 3.99. The summed E-state index contributed by atoms with van der Waals surface area (Å²) < 4.78 is 13.9. The van der Waals surface area contributed by atoms with Gasteiger partial charge in [-0.25, -0.2) is 4.98 Å². The van der Waals surface area contributed by atoms with Crippen LogP contribution in [0.4, 0.5) is 0 Å². The number of hydrogen-bond donors (Lipinski definition) is 0. The van der Waals surface area contributed by atoms with Gasteiger partial charge in [-0.15, -0.1) is 0 Å². The number of hydrogen-bond acceptors (Lipinski definition) is 4. The van der Waals surface area contributed by atoms with Crippen LogP contribution >= 0.6 is 0 Å². The van der Waals surface area contributed by atoms with E-state index in [1.54, 1.807) is 0 Å². The molecule has 0 aliphatic rings. The maximum atomic E-state index is 5.97. The van der Waals surface area contributed by atoms with Crippen LogP contribution in [0.3, 0.4) is 0 Å². The van der Waals surface area contributed by atoms with E-state index < -0.39 is 0 Å². The molecule has 0 N–H and O–H groups in total. The summed E-state index contributed by atoms with van der Waals surface area (Å²) in [5.74, 6) is 1.75. The maximum Gasteiger partial charge on any atom is 0.136 e. The van der Waals surface area contributed by atoms with Gasteiger partial charge in [-0.2, -0.15) is 0 Å². The number of benzene rings is 3. The first kappa shape index (κ1) is 20.2. The lowest BCUT2D eigenvalue weighted by atomic mass is 10.0. The van der Waals surface area contributed by atoms with Crippen LogP contribution < -0.4 is 4.74 Å². The van der Waals surface area contributed by atoms with Crippen LogP contribution in [-0.4, -0.2) is 27.7 Å². The smallest absolute Gasteiger partial charge is 0.136 e. The van der Waals surface area contributed by atoms with Gasteiger partial charge in [0, 0.05) is 12.0 Å². The fourth-order valence-corrected chi connectivity index (χ4v) is 3.99. The zero-order chi connectivity index (χ0) is 21.8. The summed E-state index contributed by atoms with van der Waals surface area (Å²) in [4.78, 5) is 9.54. The third-order valence-electron chi connectivity index (χ3n) is 5.52. The van der Waals surface area contributed by atoms with E-state index in [-0.39, 0.29) is 0 Å². The molecule has 0 aliphatic carbocycles. The molecule has 0 fully saturated rings. The van der Waals surface area contributed by atoms with Crippen LogP contribution in [0.5, 0.6) is 5.75 Å². The molecular formula is C27H25N3O2. The number of rotatable bonds is 8. The van der Waals surface area contributed by atoms with Gasteiger partial charge in [-0.3, -0.25) is 4.98 Å². The first-order valence-electron chi connectivity index (χ1n) is 10.9. The van der Waals surface area contributed by atoms with E-state index in [0.29, 0.717) is 26.4 Å². The van der Waals surface area contributed by atoms with Crippen molar-refractivity contribution < 1.29 is 9.47 Å². The number of aromatic nitrogens is 3. The molecule has 0 saturated carbocycles. The average Bonchev–Trinajstić information content (AvgIpc) is 3.21. The van der Waals surface area contributed by atoms with Crippen molar-refractivity contribution in [3.8, 4) is 16.9 Å². The number of nitrogens with zero attached hydrogens (tertiary/aromatic N) is 3. The maximum absolute atomic E-state index is 5.97. The van der Waals surface area contributed by atoms with Gasteiger partial charge in [0.2, 0.25) is 0 Å². The van der Waals surface area contributed by atoms with E-state index in [1.165, 1.54) is 5.56 Å². The molecule has 0 spiro atoms. The minimum absolute atomic E-state index is 0.458. The van der Waals surface area contributed by atoms with Crippen LogP contribution in [0, 0.1) is 0 Å². The van der Waals surface area contributed by atoms with E-state index in [2.05, 4.69) is 47.0 Å². The third kappa shape index (κ3) is 4.07. The van der Waals surface area contributed by atoms with Crippen molar-refractivity contribution in [1.82, 2.24) is 14.5 Å². The molecule has 0 atom stereocenters. The van der Waals surface area contributed by atoms with Crippen LogP contribution in [0.2, 0.25) is 0 Å². The van der Waals surface area contributed by atoms with Gasteiger partial charge in [0.1, 0.15) is 30.3 Å². The molecule has 3 aromatic carbocycles. The number of fused-ring (bicyclic) bond motifs is 3. The highest BCUT2D eigenvalue weighted by Gasteiger charge is 2.15. The number of para-hydroxylation sites is 1. The summed E-state index contributed by atoms with van der Waals surface area (Å²) in [5, 5.41) is 1.08. The Morgan fingerprint density at radius 1 is 0.844 bits per heavy atom. The van der Waals surface area contributed by atoms with E-state index in [1.807, 2.05) is 49.5 Å². The zero-order valence-corrected chi connectivity index (χ0v) is 18.1. The first-order chi connectivity index (χ1) is 15.8. The molecule has 0 saturated heterocycles. The highest BCUT2D eigenvalue weighted by atomic mass is 16.5. The molecule has 5 heteroatoms. The molecular weight excluding hydrogens is 398 g/mol. The lowest BCUT2D eigenvalue weighted by molar-refractivity contribution is 0.125. The second-order valence-corrected chi connectivity index (χ2v) is 7.57. The lowest BCUT2D eigenvalue weighted by Gasteiger charge is -2.12. The molecule has 5 aromatic rings. The number of imidazole rings is 1. The quantitative estimate of drug-likeness (QED) is 0.313. The predicted molar refractivity (Wildman–Crippen MR) is 128 cm³/mol. The van der Waals surface area contributed by atoms with E-state index in [4.69, 9.17) is 19.4 Å².